The summed E-state index contributed by atoms with van der Waals surface area (Å²) in [4.78, 5) is 30.2. The molecule has 5 rings (SSSR count). The number of carboxylic acids is 1. The third kappa shape index (κ3) is 7.14. The SMILES string of the molecule is CCC(F)(F)c1ccc(CN)cc1.O=C(O)[C@H]1CN(c2cnc3cncnc3n2)CCN1S(=O)(=O)c1ccc(I)cc1. The minimum Gasteiger partial charge on any atom is -0.480 e. The van der Waals surface area contributed by atoms with Crippen LogP contribution < -0.4 is 10.6 Å². The Morgan fingerprint density at radius 1 is 1.10 bits per heavy atom. The van der Waals surface area contributed by atoms with Crippen LogP contribution in [-0.4, -0.2) is 69.4 Å². The number of anilines is 1. The number of benzene rings is 2. The molecule has 1 atom stereocenters. The number of hydrogen-bond acceptors (Lipinski definition) is 9. The molecule has 0 saturated carbocycles. The van der Waals surface area contributed by atoms with E-state index in [9.17, 15) is 27.1 Å². The highest BCUT2D eigenvalue weighted by atomic mass is 127. The van der Waals surface area contributed by atoms with Crippen LogP contribution in [-0.2, 0) is 27.3 Å². The predicted octanol–water partition coefficient (Wildman–Crippen LogP) is 3.64. The van der Waals surface area contributed by atoms with E-state index < -0.39 is 28.0 Å². The van der Waals surface area contributed by atoms with E-state index in [-0.39, 0.29) is 36.5 Å². The number of carboxylic acid groups (broad SMARTS) is 1. The molecule has 0 amide bonds. The third-order valence-electron chi connectivity index (χ3n) is 6.63. The number of nitrogens with two attached hydrogens (primary N) is 1. The molecular formula is C27H28F2IN7O4S. The summed E-state index contributed by atoms with van der Waals surface area (Å²) >= 11 is 2.08. The van der Waals surface area contributed by atoms with Crippen molar-refractivity contribution in [3.05, 3.63) is 81.9 Å². The Balaban J connectivity index is 0.000000262. The second kappa shape index (κ2) is 13.3. The second-order valence-corrected chi connectivity index (χ2v) is 12.4. The standard InChI is InChI=1S/C17H15IN6O4S.C10H13F2N/c18-11-1-3-12(4-2-11)29(27,28)24-6-5-23(9-14(24)17(25)26)15-8-20-13-7-19-10-21-16(13)22-15;1-2-10(11,12)9-5-3-8(7-13)4-6-9/h1-4,7-8,10,14H,5-6,9H2,(H,25,26);3-6H,2,7,13H2,1H3/t14-;/m1./s1. The van der Waals surface area contributed by atoms with Gasteiger partial charge in [0.1, 0.15) is 23.7 Å². The van der Waals surface area contributed by atoms with E-state index in [1.807, 2.05) is 0 Å². The highest BCUT2D eigenvalue weighted by Crippen LogP contribution is 2.31. The number of alkyl halides is 2. The first-order valence-corrected chi connectivity index (χ1v) is 15.3. The smallest absolute Gasteiger partial charge is 0.323 e. The molecule has 2 aromatic heterocycles. The molecule has 11 nitrogen and oxygen atoms in total. The lowest BCUT2D eigenvalue weighted by Gasteiger charge is -2.38. The van der Waals surface area contributed by atoms with Crippen molar-refractivity contribution < 1.29 is 27.1 Å². The van der Waals surface area contributed by atoms with Crippen LogP contribution in [0.4, 0.5) is 14.6 Å². The van der Waals surface area contributed by atoms with Crippen molar-refractivity contribution in [1.29, 1.82) is 0 Å². The van der Waals surface area contributed by atoms with E-state index in [4.69, 9.17) is 5.73 Å². The number of nitrogens with zero attached hydrogens (tertiary/aromatic N) is 6. The molecular weight excluding hydrogens is 683 g/mol. The Labute approximate surface area is 255 Å². The zero-order valence-electron chi connectivity index (χ0n) is 22.4. The molecule has 1 fully saturated rings. The number of piperazine rings is 1. The van der Waals surface area contributed by atoms with Gasteiger partial charge in [0, 0.05) is 41.7 Å². The number of hydrogen-bond donors (Lipinski definition) is 2. The van der Waals surface area contributed by atoms with Crippen LogP contribution >= 0.6 is 22.6 Å². The fourth-order valence-corrected chi connectivity index (χ4v) is 6.13. The maximum Gasteiger partial charge on any atom is 0.323 e. The number of carbonyl (C=O) groups is 1. The zero-order chi connectivity index (χ0) is 30.5. The van der Waals surface area contributed by atoms with E-state index >= 15 is 0 Å². The number of sulfonamides is 1. The molecule has 0 radical (unpaired) electrons. The van der Waals surface area contributed by atoms with Crippen LogP contribution in [0.5, 0.6) is 0 Å². The van der Waals surface area contributed by atoms with Crippen LogP contribution in [0.3, 0.4) is 0 Å². The first-order valence-electron chi connectivity index (χ1n) is 12.8. The van der Waals surface area contributed by atoms with Crippen LogP contribution in [0.15, 0.2) is 72.1 Å². The molecule has 0 spiro atoms. The van der Waals surface area contributed by atoms with Gasteiger partial charge >= 0.3 is 5.97 Å². The van der Waals surface area contributed by atoms with Crippen molar-refractivity contribution in [2.24, 2.45) is 5.73 Å². The van der Waals surface area contributed by atoms with E-state index in [0.717, 1.165) is 13.4 Å². The quantitative estimate of drug-likeness (QED) is 0.272. The molecule has 0 unspecified atom stereocenters. The van der Waals surface area contributed by atoms with Gasteiger partial charge in [-0.15, -0.1) is 0 Å². The largest absolute Gasteiger partial charge is 0.480 e. The summed E-state index contributed by atoms with van der Waals surface area (Å²) in [5.74, 6) is -3.50. The zero-order valence-corrected chi connectivity index (χ0v) is 25.4. The minimum absolute atomic E-state index is 0.00871. The van der Waals surface area contributed by atoms with Crippen molar-refractivity contribution >= 4 is 55.6 Å². The summed E-state index contributed by atoms with van der Waals surface area (Å²) in [6.07, 6.45) is 4.22. The van der Waals surface area contributed by atoms with Crippen LogP contribution in [0.2, 0.25) is 0 Å². The summed E-state index contributed by atoms with van der Waals surface area (Å²) in [7, 11) is -3.95. The fourth-order valence-electron chi connectivity index (χ4n) is 4.20. The Hall–Kier alpha value is -3.41. The van der Waals surface area contributed by atoms with Gasteiger partial charge in [-0.2, -0.15) is 4.31 Å². The summed E-state index contributed by atoms with van der Waals surface area (Å²) in [6.45, 7) is 2.09. The monoisotopic (exact) mass is 711 g/mol. The van der Waals surface area contributed by atoms with Gasteiger partial charge in [-0.3, -0.25) is 4.79 Å². The van der Waals surface area contributed by atoms with Gasteiger partial charge in [0.05, 0.1) is 17.3 Å². The minimum atomic E-state index is -3.95. The van der Waals surface area contributed by atoms with Gasteiger partial charge in [0.15, 0.2) is 5.65 Å². The Bertz CT molecular complexity index is 1640. The molecule has 15 heteroatoms. The van der Waals surface area contributed by atoms with E-state index in [0.29, 0.717) is 23.5 Å². The number of aromatic nitrogens is 4. The van der Waals surface area contributed by atoms with Crippen molar-refractivity contribution in [2.75, 3.05) is 24.5 Å². The molecule has 2 aromatic carbocycles. The fraction of sp³-hybridized carbons (Fsp3) is 0.296. The lowest BCUT2D eigenvalue weighted by atomic mass is 10.0. The molecule has 42 heavy (non-hydrogen) atoms. The van der Waals surface area contributed by atoms with Crippen LogP contribution in [0.1, 0.15) is 24.5 Å². The number of aliphatic carboxylic acids is 1. The molecule has 3 N–H and O–H groups in total. The van der Waals surface area contributed by atoms with Gasteiger partial charge in [0.2, 0.25) is 10.0 Å². The summed E-state index contributed by atoms with van der Waals surface area (Å²) in [5, 5.41) is 9.71. The van der Waals surface area contributed by atoms with Crippen LogP contribution in [0, 0.1) is 3.57 Å². The normalized spacial score (nSPS) is 16.1. The first kappa shape index (κ1) is 31.5. The lowest BCUT2D eigenvalue weighted by Crippen LogP contribution is -2.58. The summed E-state index contributed by atoms with van der Waals surface area (Å²) < 4.78 is 54.2. The average Bonchev–Trinajstić information content (AvgIpc) is 3.01. The Morgan fingerprint density at radius 3 is 2.40 bits per heavy atom. The van der Waals surface area contributed by atoms with E-state index in [1.54, 1.807) is 29.2 Å². The van der Waals surface area contributed by atoms with E-state index in [1.165, 1.54) is 49.9 Å². The van der Waals surface area contributed by atoms with Crippen molar-refractivity contribution in [3.63, 3.8) is 0 Å². The first-order chi connectivity index (χ1) is 20.0. The molecule has 4 aromatic rings. The highest BCUT2D eigenvalue weighted by molar-refractivity contribution is 14.1. The maximum atomic E-state index is 13.1. The molecule has 0 aliphatic carbocycles. The van der Waals surface area contributed by atoms with Crippen molar-refractivity contribution in [1.82, 2.24) is 24.2 Å². The van der Waals surface area contributed by atoms with E-state index in [2.05, 4.69) is 42.5 Å². The number of rotatable bonds is 7. The predicted molar refractivity (Wildman–Crippen MR) is 160 cm³/mol. The molecule has 1 aliphatic heterocycles. The number of fused-ring (bicyclic) bond motifs is 1. The topological polar surface area (TPSA) is 156 Å². The lowest BCUT2D eigenvalue weighted by molar-refractivity contribution is -0.141. The van der Waals surface area contributed by atoms with Crippen molar-refractivity contribution in [3.8, 4) is 0 Å². The van der Waals surface area contributed by atoms with Crippen LogP contribution in [0.25, 0.3) is 11.2 Å². The maximum absolute atomic E-state index is 13.1. The average molecular weight is 712 g/mol. The molecule has 1 saturated heterocycles. The third-order valence-corrected chi connectivity index (χ3v) is 9.27. The van der Waals surface area contributed by atoms with Gasteiger partial charge in [-0.05, 0) is 52.4 Å². The molecule has 0 bridgehead atoms. The number of halogens is 3. The van der Waals surface area contributed by atoms with Gasteiger partial charge < -0.3 is 15.7 Å². The Kier molecular flexibility index (Phi) is 9.96. The summed E-state index contributed by atoms with van der Waals surface area (Å²) in [6, 6.07) is 11.2. The van der Waals surface area contributed by atoms with Gasteiger partial charge in [-0.25, -0.2) is 37.1 Å². The van der Waals surface area contributed by atoms with Crippen molar-refractivity contribution in [2.45, 2.75) is 36.7 Å². The summed E-state index contributed by atoms with van der Waals surface area (Å²) in [5.41, 5.74) is 7.19. The van der Waals surface area contributed by atoms with Gasteiger partial charge in [-0.1, -0.05) is 31.2 Å². The molecule has 222 valence electrons. The second-order valence-electron chi connectivity index (χ2n) is 9.29. The Morgan fingerprint density at radius 2 is 1.79 bits per heavy atom. The molecule has 1 aliphatic rings. The highest BCUT2D eigenvalue weighted by Gasteiger charge is 2.40. The molecule has 3 heterocycles. The van der Waals surface area contributed by atoms with Gasteiger partial charge in [0.25, 0.3) is 5.92 Å².